The molecular formula is H2AlN2Na2O6. The van der Waals surface area contributed by atoms with E-state index < -0.39 is 5.09 Å². The molecule has 0 aliphatic carbocycles. The SMILES string of the molecule is O=NO.O=[N+]([O-])[O-].[Al].[Na+].[Na+].[OH-]. The van der Waals surface area contributed by atoms with Crippen LogP contribution in [0.4, 0.5) is 0 Å². The fourth-order valence-electron chi connectivity index (χ4n) is 0. The van der Waals surface area contributed by atoms with Crippen molar-refractivity contribution in [3.05, 3.63) is 20.2 Å². The van der Waals surface area contributed by atoms with Crippen molar-refractivity contribution in [2.24, 2.45) is 5.34 Å². The van der Waals surface area contributed by atoms with Crippen molar-refractivity contribution in [1.82, 2.24) is 0 Å². The van der Waals surface area contributed by atoms with Gasteiger partial charge in [0.15, 0.2) is 5.34 Å². The molecule has 0 unspecified atom stereocenters. The zero-order chi connectivity index (χ0) is 6.28. The Bertz CT molecular complexity index is 65.6. The minimum absolute atomic E-state index is 0. The van der Waals surface area contributed by atoms with Crippen LogP contribution >= 0.6 is 0 Å². The van der Waals surface area contributed by atoms with Gasteiger partial charge in [0.2, 0.25) is 0 Å². The maximum absolute atomic E-state index is 8.25. The Hall–Kier alpha value is 1.09. The third kappa shape index (κ3) is 768. The Labute approximate surface area is 116 Å². The maximum Gasteiger partial charge on any atom is 1.00 e. The van der Waals surface area contributed by atoms with Crippen LogP contribution in [0, 0.1) is 20.2 Å². The molecule has 3 radical (unpaired) electrons. The molecule has 0 saturated heterocycles. The first-order valence-electron chi connectivity index (χ1n) is 0.930. The average molecular weight is 199 g/mol. The third-order valence-corrected chi connectivity index (χ3v) is 0. The van der Waals surface area contributed by atoms with Gasteiger partial charge in [0.1, 0.15) is 0 Å². The third-order valence-electron chi connectivity index (χ3n) is 0. The molecule has 8 nitrogen and oxygen atoms in total. The summed E-state index contributed by atoms with van der Waals surface area (Å²) in [4.78, 5) is 16.4. The Morgan fingerprint density at radius 2 is 1.27 bits per heavy atom. The second-order valence-electron chi connectivity index (χ2n) is 0.305. The van der Waals surface area contributed by atoms with Crippen LogP contribution in [0.5, 0.6) is 0 Å². The molecule has 0 aromatic heterocycles. The Morgan fingerprint density at radius 3 is 1.27 bits per heavy atom. The molecule has 0 heterocycles. The molecule has 0 rings (SSSR count). The van der Waals surface area contributed by atoms with Crippen LogP contribution in [0.2, 0.25) is 0 Å². The van der Waals surface area contributed by atoms with Gasteiger partial charge in [-0.1, -0.05) is 0 Å². The van der Waals surface area contributed by atoms with E-state index in [1.54, 1.807) is 0 Å². The topological polar surface area (TPSA) is 146 Å². The first kappa shape index (κ1) is 40.1. The van der Waals surface area contributed by atoms with Crippen molar-refractivity contribution >= 4 is 17.4 Å². The van der Waals surface area contributed by atoms with Gasteiger partial charge in [-0.15, -0.1) is 4.91 Å². The molecular weight excluding hydrogens is 197 g/mol. The number of hydrogen-bond donors (Lipinski definition) is 1. The van der Waals surface area contributed by atoms with Gasteiger partial charge in [0, 0.05) is 17.4 Å². The summed E-state index contributed by atoms with van der Waals surface area (Å²) in [5.41, 5.74) is 0. The summed E-state index contributed by atoms with van der Waals surface area (Å²) in [6.07, 6.45) is 0. The van der Waals surface area contributed by atoms with E-state index in [1.807, 2.05) is 0 Å². The van der Waals surface area contributed by atoms with E-state index in [2.05, 4.69) is 0 Å². The molecule has 0 bridgehead atoms. The van der Waals surface area contributed by atoms with Gasteiger partial charge < -0.3 is 26.0 Å². The fourth-order valence-corrected chi connectivity index (χ4v) is 0. The van der Waals surface area contributed by atoms with Crippen LogP contribution in [0.3, 0.4) is 0 Å². The van der Waals surface area contributed by atoms with Crippen LogP contribution < -0.4 is 59.1 Å². The smallest absolute Gasteiger partial charge is 0.870 e. The Balaban J connectivity index is -0.00000000848. The second kappa shape index (κ2) is 43.6. The second-order valence-corrected chi connectivity index (χ2v) is 0.305. The molecule has 53 valence electrons. The first-order valence-corrected chi connectivity index (χ1v) is 0.930. The monoisotopic (exact) mass is 199 g/mol. The van der Waals surface area contributed by atoms with E-state index in [0.29, 0.717) is 0 Å². The Morgan fingerprint density at radius 1 is 1.27 bits per heavy atom. The van der Waals surface area contributed by atoms with E-state index in [1.165, 1.54) is 5.34 Å². The quantitative estimate of drug-likeness (QED) is 0.177. The largest absolute Gasteiger partial charge is 1.00 e. The van der Waals surface area contributed by atoms with E-state index in [-0.39, 0.29) is 82.0 Å². The average Bonchev–Trinajstić information content (AvgIpc) is 1.33. The molecule has 0 spiro atoms. The molecule has 11 heavy (non-hydrogen) atoms. The number of nitrogens with zero attached hydrogens (tertiary/aromatic N) is 2. The van der Waals surface area contributed by atoms with Crippen LogP contribution in [0.1, 0.15) is 0 Å². The number of hydrogen-bond acceptors (Lipinski definition) is 6. The molecule has 0 atom stereocenters. The molecule has 0 aliphatic heterocycles. The van der Waals surface area contributed by atoms with Gasteiger partial charge in [-0.2, -0.15) is 0 Å². The van der Waals surface area contributed by atoms with Crippen LogP contribution in [-0.2, 0) is 0 Å². The summed E-state index contributed by atoms with van der Waals surface area (Å²) in [7, 11) is 0. The van der Waals surface area contributed by atoms with E-state index in [0.717, 1.165) is 0 Å². The summed E-state index contributed by atoms with van der Waals surface area (Å²) >= 11 is 0. The van der Waals surface area contributed by atoms with Crippen molar-refractivity contribution < 1.29 is 74.9 Å². The van der Waals surface area contributed by atoms with Crippen LogP contribution in [-0.4, -0.2) is 33.1 Å². The van der Waals surface area contributed by atoms with Crippen molar-refractivity contribution in [2.45, 2.75) is 0 Å². The molecule has 2 N–H and O–H groups in total. The van der Waals surface area contributed by atoms with Crippen LogP contribution in [0.25, 0.3) is 0 Å². The normalized spacial score (nSPS) is 3.27. The minimum atomic E-state index is -1.75. The zero-order valence-corrected chi connectivity index (χ0v) is 11.2. The summed E-state index contributed by atoms with van der Waals surface area (Å²) in [5.74, 6) is 0. The summed E-state index contributed by atoms with van der Waals surface area (Å²) in [6, 6.07) is 0. The summed E-state index contributed by atoms with van der Waals surface area (Å²) in [5, 5.41) is 22.6. The first-order chi connectivity index (χ1) is 3.15. The van der Waals surface area contributed by atoms with Crippen molar-refractivity contribution in [1.29, 1.82) is 0 Å². The summed E-state index contributed by atoms with van der Waals surface area (Å²) < 4.78 is 0. The van der Waals surface area contributed by atoms with Gasteiger partial charge in [-0.25, -0.2) is 0 Å². The molecule has 0 saturated carbocycles. The van der Waals surface area contributed by atoms with Gasteiger partial charge in [-0.3, -0.25) is 0 Å². The van der Waals surface area contributed by atoms with Crippen LogP contribution in [0.15, 0.2) is 5.34 Å². The van der Waals surface area contributed by atoms with Gasteiger partial charge in [0.25, 0.3) is 0 Å². The van der Waals surface area contributed by atoms with E-state index in [4.69, 9.17) is 25.4 Å². The van der Waals surface area contributed by atoms with Crippen molar-refractivity contribution in [3.8, 4) is 0 Å². The molecule has 11 heteroatoms. The number of rotatable bonds is 0. The fraction of sp³-hybridized carbons (Fsp3) is 0. The summed E-state index contributed by atoms with van der Waals surface area (Å²) in [6.45, 7) is 0. The predicted octanol–water partition coefficient (Wildman–Crippen LogP) is -6.65. The predicted molar refractivity (Wildman–Crippen MR) is 25.6 cm³/mol. The molecule has 0 aromatic carbocycles. The van der Waals surface area contributed by atoms with Gasteiger partial charge in [-0.05, 0) is 0 Å². The Kier molecular flexibility index (Phi) is 159. The minimum Gasteiger partial charge on any atom is -0.870 e. The van der Waals surface area contributed by atoms with E-state index >= 15 is 0 Å². The molecule has 0 aromatic rings. The van der Waals surface area contributed by atoms with E-state index in [9.17, 15) is 0 Å². The van der Waals surface area contributed by atoms with Crippen molar-refractivity contribution in [3.63, 3.8) is 0 Å². The molecule has 0 fully saturated rings. The van der Waals surface area contributed by atoms with Gasteiger partial charge in [0.05, 0.1) is 5.09 Å². The standard InChI is InChI=1S/Al.NO3.HNO2.2Na.H2O/c;2-1(3)4;2-1-3;;;/h;;(H,2,3);;;1H2/q;-1;;2*+1;/p-1. The molecule has 0 amide bonds. The molecule has 0 aliphatic rings. The van der Waals surface area contributed by atoms with Gasteiger partial charge >= 0.3 is 59.1 Å². The van der Waals surface area contributed by atoms with Crippen molar-refractivity contribution in [2.75, 3.05) is 0 Å². The zero-order valence-electron chi connectivity index (χ0n) is 6.00. The maximum atomic E-state index is 8.25.